The Bertz CT molecular complexity index is 1320. The van der Waals surface area contributed by atoms with Crippen LogP contribution in [0.2, 0.25) is 0 Å². The van der Waals surface area contributed by atoms with E-state index in [-0.39, 0.29) is 52.8 Å². The highest BCUT2D eigenvalue weighted by Crippen LogP contribution is 2.39. The van der Waals surface area contributed by atoms with Crippen molar-refractivity contribution in [3.63, 3.8) is 0 Å². The van der Waals surface area contributed by atoms with Crippen LogP contribution in [-0.2, 0) is 19.1 Å². The molecule has 0 spiro atoms. The van der Waals surface area contributed by atoms with E-state index in [9.17, 15) is 19.2 Å². The Morgan fingerprint density at radius 2 is 1.67 bits per heavy atom. The van der Waals surface area contributed by atoms with Crippen molar-refractivity contribution in [1.82, 2.24) is 10.2 Å². The Kier molecular flexibility index (Phi) is 10.0. The quantitative estimate of drug-likeness (QED) is 0.325. The van der Waals surface area contributed by atoms with Gasteiger partial charge in [0.05, 0.1) is 65.0 Å². The molecule has 0 aliphatic carbocycles. The van der Waals surface area contributed by atoms with E-state index >= 15 is 0 Å². The Morgan fingerprint density at radius 1 is 0.976 bits per heavy atom. The van der Waals surface area contributed by atoms with Crippen molar-refractivity contribution in [3.8, 4) is 23.0 Å². The second kappa shape index (κ2) is 13.9. The number of nitrogens with one attached hydrogen (secondary N) is 3. The first kappa shape index (κ1) is 30.4. The number of ether oxygens (including phenoxy) is 6. The molecule has 2 aliphatic heterocycles. The van der Waals surface area contributed by atoms with Crippen LogP contribution in [0, 0.1) is 0 Å². The maximum Gasteiger partial charge on any atom is 0.308 e. The molecule has 3 N–H and O–H groups in total. The van der Waals surface area contributed by atoms with E-state index in [1.165, 1.54) is 52.7 Å². The van der Waals surface area contributed by atoms with Gasteiger partial charge in [0.2, 0.25) is 11.7 Å². The molecule has 2 heterocycles. The topological polar surface area (TPSA) is 163 Å². The minimum absolute atomic E-state index is 0.0999. The first-order chi connectivity index (χ1) is 20.3. The highest BCUT2D eigenvalue weighted by molar-refractivity contribution is 6.13. The zero-order valence-corrected chi connectivity index (χ0v) is 23.9. The summed E-state index contributed by atoms with van der Waals surface area (Å²) in [7, 11) is 5.52. The number of benzene rings is 2. The van der Waals surface area contributed by atoms with Crippen LogP contribution in [0.4, 0.5) is 11.4 Å². The Balaban J connectivity index is 1.65. The number of carbonyl (C=O) groups excluding carboxylic acids is 4. The van der Waals surface area contributed by atoms with Gasteiger partial charge in [0.15, 0.2) is 11.5 Å². The predicted octanol–water partition coefficient (Wildman–Crippen LogP) is 1.29. The smallest absolute Gasteiger partial charge is 0.308 e. The van der Waals surface area contributed by atoms with E-state index in [0.717, 1.165) is 13.1 Å². The largest absolute Gasteiger partial charge is 0.493 e. The van der Waals surface area contributed by atoms with Crippen LogP contribution in [0.3, 0.4) is 0 Å². The van der Waals surface area contributed by atoms with Crippen molar-refractivity contribution in [1.29, 1.82) is 0 Å². The van der Waals surface area contributed by atoms with Crippen molar-refractivity contribution in [2.24, 2.45) is 0 Å². The maximum absolute atomic E-state index is 13.4. The molecule has 0 bridgehead atoms. The summed E-state index contributed by atoms with van der Waals surface area (Å²) in [6.45, 7) is 3.61. The monoisotopic (exact) mass is 586 g/mol. The van der Waals surface area contributed by atoms with Gasteiger partial charge >= 0.3 is 5.97 Å². The first-order valence-corrected chi connectivity index (χ1v) is 13.2. The summed E-state index contributed by atoms with van der Waals surface area (Å²) < 4.78 is 32.2. The lowest BCUT2D eigenvalue weighted by atomic mass is 10.1. The third-order valence-corrected chi connectivity index (χ3v) is 6.79. The second-order valence-corrected chi connectivity index (χ2v) is 9.36. The van der Waals surface area contributed by atoms with Crippen LogP contribution in [0.1, 0.15) is 27.1 Å². The zero-order valence-electron chi connectivity index (χ0n) is 23.9. The Morgan fingerprint density at radius 3 is 2.29 bits per heavy atom. The Labute approximate surface area is 242 Å². The average molecular weight is 587 g/mol. The van der Waals surface area contributed by atoms with Crippen molar-refractivity contribution in [3.05, 3.63) is 35.4 Å². The van der Waals surface area contributed by atoms with E-state index in [4.69, 9.17) is 23.7 Å². The van der Waals surface area contributed by atoms with E-state index < -0.39 is 29.7 Å². The van der Waals surface area contributed by atoms with Gasteiger partial charge in [-0.1, -0.05) is 0 Å². The minimum atomic E-state index is -1.15. The van der Waals surface area contributed by atoms with Crippen molar-refractivity contribution in [2.45, 2.75) is 12.5 Å². The fourth-order valence-electron chi connectivity index (χ4n) is 4.52. The van der Waals surface area contributed by atoms with Gasteiger partial charge in [-0.3, -0.25) is 24.1 Å². The number of hydrogen-bond acceptors (Lipinski definition) is 11. The third-order valence-electron chi connectivity index (χ3n) is 6.79. The molecule has 3 amide bonds. The summed E-state index contributed by atoms with van der Waals surface area (Å²) in [5.74, 6) is -1.32. The molecule has 4 rings (SSSR count). The fraction of sp³-hybridized carbons (Fsp3) is 0.429. The van der Waals surface area contributed by atoms with Gasteiger partial charge in [0.25, 0.3) is 11.8 Å². The number of carbonyl (C=O) groups is 4. The maximum atomic E-state index is 13.4. The molecule has 2 aromatic rings. The summed E-state index contributed by atoms with van der Waals surface area (Å²) >= 11 is 0. The molecule has 226 valence electrons. The lowest BCUT2D eigenvalue weighted by Crippen LogP contribution is -2.42. The number of esters is 1. The molecule has 42 heavy (non-hydrogen) atoms. The molecule has 0 unspecified atom stereocenters. The van der Waals surface area contributed by atoms with Crippen LogP contribution in [0.15, 0.2) is 24.3 Å². The zero-order chi connectivity index (χ0) is 30.2. The summed E-state index contributed by atoms with van der Waals surface area (Å²) in [6.07, 6.45) is -0.351. The standard InChI is InChI=1S/C28H34N4O10/c1-37-22-11-16(12-23(38-2)25(22)40-4)26(34)30-19-14-18-17(13-21(19)42-10-7-32-5-8-41-9-6-32)27(35)31-20(28(36)29-18)15-24(33)39-3/h11-14,20H,5-10,15H2,1-4H3,(H,29,36)(H,30,34)(H,31,35)/t20-/m0/s1. The molecule has 1 fully saturated rings. The second-order valence-electron chi connectivity index (χ2n) is 9.36. The number of nitrogens with zero attached hydrogens (tertiary/aromatic N) is 1. The summed E-state index contributed by atoms with van der Waals surface area (Å²) in [6, 6.07) is 4.71. The van der Waals surface area contributed by atoms with Gasteiger partial charge in [0.1, 0.15) is 18.4 Å². The predicted molar refractivity (Wildman–Crippen MR) is 150 cm³/mol. The molecule has 2 aromatic carbocycles. The summed E-state index contributed by atoms with van der Waals surface area (Å²) in [5, 5.41) is 8.01. The summed E-state index contributed by atoms with van der Waals surface area (Å²) in [4.78, 5) is 53.4. The summed E-state index contributed by atoms with van der Waals surface area (Å²) in [5.41, 5.74) is 0.626. The van der Waals surface area contributed by atoms with Crippen LogP contribution in [-0.4, -0.2) is 103 Å². The highest BCUT2D eigenvalue weighted by Gasteiger charge is 2.31. The van der Waals surface area contributed by atoms with E-state index in [0.29, 0.717) is 25.5 Å². The average Bonchev–Trinajstić information content (AvgIpc) is 3.11. The van der Waals surface area contributed by atoms with Crippen LogP contribution in [0.5, 0.6) is 23.0 Å². The number of fused-ring (bicyclic) bond motifs is 1. The molecule has 1 saturated heterocycles. The lowest BCUT2D eigenvalue weighted by Gasteiger charge is -2.26. The van der Waals surface area contributed by atoms with Crippen molar-refractivity contribution < 1.29 is 47.6 Å². The molecular weight excluding hydrogens is 552 g/mol. The van der Waals surface area contributed by atoms with E-state index in [1.807, 2.05) is 0 Å². The van der Waals surface area contributed by atoms with Gasteiger partial charge < -0.3 is 44.4 Å². The van der Waals surface area contributed by atoms with E-state index in [2.05, 4.69) is 25.6 Å². The van der Waals surface area contributed by atoms with Gasteiger partial charge in [0, 0.05) is 25.2 Å². The number of morpholine rings is 1. The first-order valence-electron chi connectivity index (χ1n) is 13.2. The number of rotatable bonds is 11. The van der Waals surface area contributed by atoms with Crippen molar-refractivity contribution >= 4 is 35.1 Å². The molecular formula is C28H34N4O10. The van der Waals surface area contributed by atoms with Gasteiger partial charge in [-0.2, -0.15) is 0 Å². The number of methoxy groups -OCH3 is 4. The van der Waals surface area contributed by atoms with Crippen molar-refractivity contribution in [2.75, 3.05) is 78.5 Å². The highest BCUT2D eigenvalue weighted by atomic mass is 16.5. The van der Waals surface area contributed by atoms with E-state index in [1.54, 1.807) is 0 Å². The molecule has 0 aromatic heterocycles. The van der Waals surface area contributed by atoms with Crippen LogP contribution < -0.4 is 34.9 Å². The SMILES string of the molecule is COC(=O)C[C@@H]1NC(=O)c2cc(OCCN3CCOCC3)c(NC(=O)c3cc(OC)c(OC)c(OC)c3)cc2NC1=O. The molecule has 14 heteroatoms. The lowest BCUT2D eigenvalue weighted by molar-refractivity contribution is -0.142. The number of hydrogen-bond donors (Lipinski definition) is 3. The molecule has 1 atom stereocenters. The fourth-order valence-corrected chi connectivity index (χ4v) is 4.52. The normalized spacial score (nSPS) is 16.7. The van der Waals surface area contributed by atoms with Gasteiger partial charge in [-0.25, -0.2) is 0 Å². The third kappa shape index (κ3) is 7.01. The minimum Gasteiger partial charge on any atom is -0.493 e. The molecule has 2 aliphatic rings. The molecule has 0 saturated carbocycles. The molecule has 14 nitrogen and oxygen atoms in total. The molecule has 0 radical (unpaired) electrons. The van der Waals surface area contributed by atoms with Gasteiger partial charge in [-0.05, 0) is 24.3 Å². The van der Waals surface area contributed by atoms with Crippen LogP contribution in [0.25, 0.3) is 0 Å². The Hall–Kier alpha value is -4.56. The van der Waals surface area contributed by atoms with Crippen LogP contribution >= 0.6 is 0 Å². The number of amides is 3. The number of anilines is 2. The van der Waals surface area contributed by atoms with Gasteiger partial charge in [-0.15, -0.1) is 0 Å².